The summed E-state index contributed by atoms with van der Waals surface area (Å²) in [4.78, 5) is 35.9. The Labute approximate surface area is 149 Å². The van der Waals surface area contributed by atoms with E-state index in [4.69, 9.17) is 0 Å². The summed E-state index contributed by atoms with van der Waals surface area (Å²) in [6.07, 6.45) is 0. The lowest BCUT2D eigenvalue weighted by atomic mass is 10.1. The molecule has 3 aromatic rings. The third-order valence-corrected chi connectivity index (χ3v) is 4.77. The molecule has 1 N–H and O–H groups in total. The first-order valence-corrected chi connectivity index (χ1v) is 8.78. The van der Waals surface area contributed by atoms with Gasteiger partial charge in [-0.2, -0.15) is 0 Å². The predicted molar refractivity (Wildman–Crippen MR) is 101 cm³/mol. The summed E-state index contributed by atoms with van der Waals surface area (Å²) in [5.41, 5.74) is 1.76. The van der Waals surface area contributed by atoms with Gasteiger partial charge in [0.25, 0.3) is 5.56 Å². The molecule has 0 saturated carbocycles. The highest BCUT2D eigenvalue weighted by molar-refractivity contribution is 7.17. The molecule has 2 aromatic heterocycles. The number of likely N-dealkylation sites (N-methyl/N-ethyl adjacent to an activating group) is 2. The Bertz CT molecular complexity index is 947. The fraction of sp³-hybridized carbons (Fsp3) is 0.278. The van der Waals surface area contributed by atoms with Crippen molar-refractivity contribution in [3.8, 4) is 11.1 Å². The van der Waals surface area contributed by atoms with Crippen molar-refractivity contribution in [1.82, 2.24) is 19.8 Å². The van der Waals surface area contributed by atoms with E-state index in [1.165, 1.54) is 11.3 Å². The summed E-state index contributed by atoms with van der Waals surface area (Å²) >= 11 is 1.46. The number of thiophene rings is 1. The topological polar surface area (TPSA) is 69.3 Å². The molecular formula is C18H20N4O2S. The van der Waals surface area contributed by atoms with E-state index in [0.717, 1.165) is 11.1 Å². The highest BCUT2D eigenvalue weighted by atomic mass is 32.1. The molecule has 0 spiro atoms. The maximum atomic E-state index is 12.6. The summed E-state index contributed by atoms with van der Waals surface area (Å²) in [5, 5.41) is 2.58. The first-order chi connectivity index (χ1) is 12.0. The lowest BCUT2D eigenvalue weighted by Crippen LogP contribution is -2.34. The first-order valence-electron chi connectivity index (χ1n) is 7.90. The zero-order valence-electron chi connectivity index (χ0n) is 14.4. The van der Waals surface area contributed by atoms with Crippen LogP contribution < -0.4 is 5.56 Å². The Morgan fingerprint density at radius 1 is 1.20 bits per heavy atom. The summed E-state index contributed by atoms with van der Waals surface area (Å²) in [6.45, 7) is 0.678. The van der Waals surface area contributed by atoms with E-state index in [-0.39, 0.29) is 18.0 Å². The number of H-pyrrole nitrogens is 1. The van der Waals surface area contributed by atoms with Crippen LogP contribution in [0.4, 0.5) is 0 Å². The predicted octanol–water partition coefficient (Wildman–Crippen LogP) is 2.17. The van der Waals surface area contributed by atoms with Crippen LogP contribution in [0.2, 0.25) is 0 Å². The van der Waals surface area contributed by atoms with Gasteiger partial charge < -0.3 is 9.88 Å². The Hall–Kier alpha value is -2.51. The molecule has 0 aliphatic carbocycles. The number of aromatic nitrogens is 2. The molecular weight excluding hydrogens is 336 g/mol. The largest absolute Gasteiger partial charge is 0.348 e. The maximum absolute atomic E-state index is 12.6. The molecule has 3 rings (SSSR count). The van der Waals surface area contributed by atoms with Crippen molar-refractivity contribution in [3.05, 3.63) is 51.9 Å². The van der Waals surface area contributed by atoms with Crippen LogP contribution >= 0.6 is 11.3 Å². The van der Waals surface area contributed by atoms with Gasteiger partial charge in [-0.1, -0.05) is 30.3 Å². The number of carbonyl (C=O) groups excluding carboxylic acids is 1. The van der Waals surface area contributed by atoms with Crippen molar-refractivity contribution in [2.75, 3.05) is 27.7 Å². The zero-order chi connectivity index (χ0) is 18.0. The SMILES string of the molecule is CN(CC(=O)N(C)C)Cc1nc2scc(-c3ccccc3)c2c(=O)[nH]1. The van der Waals surface area contributed by atoms with Crippen LogP contribution in [0.1, 0.15) is 5.82 Å². The van der Waals surface area contributed by atoms with Crippen LogP contribution in [-0.4, -0.2) is 53.4 Å². The Balaban J connectivity index is 1.89. The monoisotopic (exact) mass is 356 g/mol. The van der Waals surface area contributed by atoms with Gasteiger partial charge in [0.15, 0.2) is 0 Å². The Morgan fingerprint density at radius 3 is 2.60 bits per heavy atom. The first kappa shape index (κ1) is 17.3. The number of hydrogen-bond acceptors (Lipinski definition) is 5. The molecule has 1 aromatic carbocycles. The molecule has 130 valence electrons. The van der Waals surface area contributed by atoms with Gasteiger partial charge in [-0.3, -0.25) is 14.5 Å². The van der Waals surface area contributed by atoms with Gasteiger partial charge in [0, 0.05) is 25.0 Å². The van der Waals surface area contributed by atoms with Crippen molar-refractivity contribution >= 4 is 27.5 Å². The fourth-order valence-corrected chi connectivity index (χ4v) is 3.55. The molecule has 0 bridgehead atoms. The number of rotatable bonds is 5. The van der Waals surface area contributed by atoms with Crippen LogP contribution in [0.15, 0.2) is 40.5 Å². The normalized spacial score (nSPS) is 11.2. The van der Waals surface area contributed by atoms with E-state index in [1.807, 2.05) is 47.7 Å². The number of aromatic amines is 1. The van der Waals surface area contributed by atoms with E-state index >= 15 is 0 Å². The van der Waals surface area contributed by atoms with Crippen LogP contribution in [0.5, 0.6) is 0 Å². The average Bonchev–Trinajstić information content (AvgIpc) is 2.99. The summed E-state index contributed by atoms with van der Waals surface area (Å²) < 4.78 is 0. The van der Waals surface area contributed by atoms with Gasteiger partial charge in [0.2, 0.25) is 5.91 Å². The number of benzene rings is 1. The van der Waals surface area contributed by atoms with E-state index in [1.54, 1.807) is 19.0 Å². The van der Waals surface area contributed by atoms with Gasteiger partial charge in [-0.15, -0.1) is 11.3 Å². The molecule has 25 heavy (non-hydrogen) atoms. The Morgan fingerprint density at radius 2 is 1.92 bits per heavy atom. The van der Waals surface area contributed by atoms with Gasteiger partial charge in [-0.25, -0.2) is 4.98 Å². The highest BCUT2D eigenvalue weighted by Gasteiger charge is 2.15. The molecule has 1 amide bonds. The van der Waals surface area contributed by atoms with Crippen LogP contribution in [0, 0.1) is 0 Å². The molecule has 0 atom stereocenters. The van der Waals surface area contributed by atoms with E-state index in [0.29, 0.717) is 22.6 Å². The van der Waals surface area contributed by atoms with Crippen molar-refractivity contribution in [2.45, 2.75) is 6.54 Å². The molecule has 0 aliphatic rings. The minimum absolute atomic E-state index is 0.00779. The Kier molecular flexibility index (Phi) is 4.96. The van der Waals surface area contributed by atoms with Crippen LogP contribution in [-0.2, 0) is 11.3 Å². The van der Waals surface area contributed by atoms with E-state index < -0.39 is 0 Å². The van der Waals surface area contributed by atoms with Gasteiger partial charge in [-0.05, 0) is 12.6 Å². The van der Waals surface area contributed by atoms with Gasteiger partial charge in [0.05, 0.1) is 18.5 Å². The molecule has 0 saturated heterocycles. The van der Waals surface area contributed by atoms with Crippen molar-refractivity contribution < 1.29 is 4.79 Å². The van der Waals surface area contributed by atoms with Crippen molar-refractivity contribution in [3.63, 3.8) is 0 Å². The standard InChI is InChI=1S/C18H20N4O2S/c1-21(2)15(23)10-22(3)9-14-19-17(24)16-13(11-25-18(16)20-14)12-7-5-4-6-8-12/h4-8,11H,9-10H2,1-3H3,(H,19,20,24). The summed E-state index contributed by atoms with van der Waals surface area (Å²) in [5.74, 6) is 0.571. The molecule has 0 fully saturated rings. The number of fused-ring (bicyclic) bond motifs is 1. The summed E-state index contributed by atoms with van der Waals surface area (Å²) in [7, 11) is 5.27. The van der Waals surface area contributed by atoms with Crippen molar-refractivity contribution in [2.24, 2.45) is 0 Å². The smallest absolute Gasteiger partial charge is 0.260 e. The second-order valence-electron chi connectivity index (χ2n) is 6.17. The van der Waals surface area contributed by atoms with Crippen LogP contribution in [0.25, 0.3) is 21.3 Å². The van der Waals surface area contributed by atoms with Gasteiger partial charge in [0.1, 0.15) is 10.7 Å². The maximum Gasteiger partial charge on any atom is 0.260 e. The van der Waals surface area contributed by atoms with Crippen LogP contribution in [0.3, 0.4) is 0 Å². The lowest BCUT2D eigenvalue weighted by Gasteiger charge is -2.18. The second-order valence-corrected chi connectivity index (χ2v) is 7.03. The third kappa shape index (κ3) is 3.78. The minimum Gasteiger partial charge on any atom is -0.348 e. The van der Waals surface area contributed by atoms with Crippen molar-refractivity contribution in [1.29, 1.82) is 0 Å². The van der Waals surface area contributed by atoms with Gasteiger partial charge >= 0.3 is 0 Å². The third-order valence-electron chi connectivity index (χ3n) is 3.90. The molecule has 7 heteroatoms. The molecule has 0 unspecified atom stereocenters. The fourth-order valence-electron chi connectivity index (χ4n) is 2.58. The number of carbonyl (C=O) groups is 1. The number of hydrogen-bond donors (Lipinski definition) is 1. The van der Waals surface area contributed by atoms with E-state index in [2.05, 4.69) is 9.97 Å². The molecule has 6 nitrogen and oxygen atoms in total. The summed E-state index contributed by atoms with van der Waals surface area (Å²) in [6, 6.07) is 9.81. The average molecular weight is 356 g/mol. The molecule has 0 radical (unpaired) electrons. The molecule has 2 heterocycles. The zero-order valence-corrected chi connectivity index (χ0v) is 15.3. The highest BCUT2D eigenvalue weighted by Crippen LogP contribution is 2.30. The number of amides is 1. The number of nitrogens with zero attached hydrogens (tertiary/aromatic N) is 3. The number of nitrogens with one attached hydrogen (secondary N) is 1. The van der Waals surface area contributed by atoms with E-state index in [9.17, 15) is 9.59 Å². The quantitative estimate of drug-likeness (QED) is 0.761. The minimum atomic E-state index is -0.146. The molecule has 0 aliphatic heterocycles. The second kappa shape index (κ2) is 7.16. The lowest BCUT2D eigenvalue weighted by molar-refractivity contribution is -0.129.